The van der Waals surface area contributed by atoms with Gasteiger partial charge >= 0.3 is 0 Å². The monoisotopic (exact) mass is 229 g/mol. The average Bonchev–Trinajstić information content (AvgIpc) is 2.17. The van der Waals surface area contributed by atoms with E-state index in [4.69, 9.17) is 17.3 Å². The first kappa shape index (κ1) is 11.4. The van der Waals surface area contributed by atoms with Gasteiger partial charge in [0.1, 0.15) is 5.02 Å². The number of nitrogens with one attached hydrogen (secondary N) is 1. The van der Waals surface area contributed by atoms with E-state index in [1.165, 1.54) is 18.2 Å². The number of halogens is 1. The van der Waals surface area contributed by atoms with Crippen molar-refractivity contribution in [3.8, 4) is 0 Å². The number of rotatable bonds is 3. The van der Waals surface area contributed by atoms with E-state index in [2.05, 4.69) is 5.32 Å². The summed E-state index contributed by atoms with van der Waals surface area (Å²) in [7, 11) is 0. The molecule has 0 spiro atoms. The molecule has 1 amide bonds. The molecule has 7 heteroatoms. The number of nitrogens with zero attached hydrogens (tertiary/aromatic N) is 1. The van der Waals surface area contributed by atoms with Gasteiger partial charge in [-0.3, -0.25) is 14.9 Å². The molecule has 0 aliphatic carbocycles. The predicted octanol–water partition coefficient (Wildman–Crippen LogP) is 1.15. The van der Waals surface area contributed by atoms with Crippen LogP contribution in [0.5, 0.6) is 0 Å². The van der Waals surface area contributed by atoms with Crippen LogP contribution in [0.3, 0.4) is 0 Å². The third-order valence-electron chi connectivity index (χ3n) is 1.61. The molecule has 0 aliphatic rings. The normalized spacial score (nSPS) is 9.73. The number of carbonyl (C=O) groups excluding carboxylic acids is 1. The van der Waals surface area contributed by atoms with E-state index in [0.717, 1.165) is 0 Å². The summed E-state index contributed by atoms with van der Waals surface area (Å²) in [5.41, 5.74) is 5.25. The molecule has 0 heterocycles. The van der Waals surface area contributed by atoms with Crippen LogP contribution in [-0.4, -0.2) is 17.4 Å². The van der Waals surface area contributed by atoms with Crippen LogP contribution < -0.4 is 11.1 Å². The summed E-state index contributed by atoms with van der Waals surface area (Å²) in [4.78, 5) is 20.7. The first-order valence-electron chi connectivity index (χ1n) is 3.98. The fourth-order valence-electron chi connectivity index (χ4n) is 0.945. The minimum absolute atomic E-state index is 0.0326. The third-order valence-corrected chi connectivity index (χ3v) is 1.92. The molecule has 0 bridgehead atoms. The zero-order valence-electron chi connectivity index (χ0n) is 7.57. The lowest BCUT2D eigenvalue weighted by Crippen LogP contribution is -2.21. The Hall–Kier alpha value is -1.66. The van der Waals surface area contributed by atoms with Gasteiger partial charge < -0.3 is 11.1 Å². The number of anilines is 1. The van der Waals surface area contributed by atoms with Crippen LogP contribution >= 0.6 is 11.6 Å². The predicted molar refractivity (Wildman–Crippen MR) is 55.8 cm³/mol. The van der Waals surface area contributed by atoms with E-state index in [-0.39, 0.29) is 23.2 Å². The molecule has 0 unspecified atom stereocenters. The van der Waals surface area contributed by atoms with Crippen molar-refractivity contribution in [1.82, 2.24) is 0 Å². The highest BCUT2D eigenvalue weighted by atomic mass is 35.5. The zero-order chi connectivity index (χ0) is 11.4. The standard InChI is InChI=1S/C8H8ClN3O3/c9-6-3-5(11-8(13)4-10)1-2-7(6)12(14)15/h1-3H,4,10H2,(H,11,13). The summed E-state index contributed by atoms with van der Waals surface area (Å²) >= 11 is 5.63. The number of benzene rings is 1. The van der Waals surface area contributed by atoms with Crippen molar-refractivity contribution in [2.24, 2.45) is 5.73 Å². The van der Waals surface area contributed by atoms with Crippen LogP contribution in [0.15, 0.2) is 18.2 Å². The smallest absolute Gasteiger partial charge is 0.288 e. The Morgan fingerprint density at radius 3 is 2.73 bits per heavy atom. The Morgan fingerprint density at radius 2 is 2.27 bits per heavy atom. The van der Waals surface area contributed by atoms with E-state index < -0.39 is 4.92 Å². The fourth-order valence-corrected chi connectivity index (χ4v) is 1.19. The highest BCUT2D eigenvalue weighted by Gasteiger charge is 2.12. The number of carbonyl (C=O) groups is 1. The van der Waals surface area contributed by atoms with Crippen molar-refractivity contribution in [3.63, 3.8) is 0 Å². The van der Waals surface area contributed by atoms with Gasteiger partial charge in [-0.1, -0.05) is 11.6 Å². The molecule has 3 N–H and O–H groups in total. The van der Waals surface area contributed by atoms with Crippen LogP contribution in [0.4, 0.5) is 11.4 Å². The van der Waals surface area contributed by atoms with E-state index in [1.54, 1.807) is 0 Å². The second-order valence-electron chi connectivity index (χ2n) is 2.68. The molecule has 0 saturated heterocycles. The summed E-state index contributed by atoms with van der Waals surface area (Å²) in [6.07, 6.45) is 0. The lowest BCUT2D eigenvalue weighted by Gasteiger charge is -2.03. The molecule has 0 aliphatic heterocycles. The van der Waals surface area contributed by atoms with Gasteiger partial charge in [-0.15, -0.1) is 0 Å². The van der Waals surface area contributed by atoms with Crippen molar-refractivity contribution in [2.45, 2.75) is 0 Å². The third kappa shape index (κ3) is 2.90. The SMILES string of the molecule is NCC(=O)Nc1ccc([N+](=O)[O-])c(Cl)c1. The van der Waals surface area contributed by atoms with E-state index in [0.29, 0.717) is 5.69 Å². The highest BCUT2D eigenvalue weighted by molar-refractivity contribution is 6.33. The van der Waals surface area contributed by atoms with Crippen molar-refractivity contribution >= 4 is 28.9 Å². The minimum atomic E-state index is -0.600. The van der Waals surface area contributed by atoms with Crippen molar-refractivity contribution < 1.29 is 9.72 Å². The quantitative estimate of drug-likeness (QED) is 0.600. The molecule has 1 aromatic carbocycles. The maximum absolute atomic E-state index is 10.9. The lowest BCUT2D eigenvalue weighted by molar-refractivity contribution is -0.384. The minimum Gasteiger partial charge on any atom is -0.325 e. The van der Waals surface area contributed by atoms with Crippen molar-refractivity contribution in [1.29, 1.82) is 0 Å². The number of nitro groups is 1. The van der Waals surface area contributed by atoms with E-state index in [9.17, 15) is 14.9 Å². The molecule has 0 saturated carbocycles. The van der Waals surface area contributed by atoms with E-state index in [1.807, 2.05) is 0 Å². The molecule has 0 atom stereocenters. The van der Waals surface area contributed by atoms with Gasteiger partial charge in [-0.05, 0) is 12.1 Å². The Morgan fingerprint density at radius 1 is 1.60 bits per heavy atom. The first-order valence-corrected chi connectivity index (χ1v) is 4.36. The van der Waals surface area contributed by atoms with Gasteiger partial charge in [0.15, 0.2) is 0 Å². The topological polar surface area (TPSA) is 98.3 Å². The van der Waals surface area contributed by atoms with Crippen LogP contribution in [0.2, 0.25) is 5.02 Å². The van der Waals surface area contributed by atoms with Crippen LogP contribution in [-0.2, 0) is 4.79 Å². The average molecular weight is 230 g/mol. The molecular weight excluding hydrogens is 222 g/mol. The number of hydrogen-bond acceptors (Lipinski definition) is 4. The summed E-state index contributed by atoms with van der Waals surface area (Å²) in [5, 5.41) is 12.8. The summed E-state index contributed by atoms with van der Waals surface area (Å²) in [6, 6.07) is 3.90. The lowest BCUT2D eigenvalue weighted by atomic mass is 10.3. The molecule has 1 rings (SSSR count). The molecule has 80 valence electrons. The summed E-state index contributed by atoms with van der Waals surface area (Å²) in [5.74, 6) is -0.389. The van der Waals surface area contributed by atoms with Gasteiger partial charge in [-0.25, -0.2) is 0 Å². The molecule has 0 radical (unpaired) electrons. The Kier molecular flexibility index (Phi) is 3.59. The maximum Gasteiger partial charge on any atom is 0.288 e. The second-order valence-corrected chi connectivity index (χ2v) is 3.08. The van der Waals surface area contributed by atoms with Crippen LogP contribution in [0.1, 0.15) is 0 Å². The van der Waals surface area contributed by atoms with Gasteiger partial charge in [0.05, 0.1) is 11.5 Å². The zero-order valence-corrected chi connectivity index (χ0v) is 8.32. The molecular formula is C8H8ClN3O3. The van der Waals surface area contributed by atoms with Gasteiger partial charge in [0.2, 0.25) is 5.91 Å². The molecule has 0 aromatic heterocycles. The van der Waals surface area contributed by atoms with Crippen LogP contribution in [0, 0.1) is 10.1 Å². The number of nitrogens with two attached hydrogens (primary N) is 1. The number of nitro benzene ring substituents is 1. The van der Waals surface area contributed by atoms with Gasteiger partial charge in [0, 0.05) is 11.8 Å². The molecule has 0 fully saturated rings. The Bertz CT molecular complexity index is 408. The van der Waals surface area contributed by atoms with Crippen LogP contribution in [0.25, 0.3) is 0 Å². The van der Waals surface area contributed by atoms with E-state index >= 15 is 0 Å². The molecule has 6 nitrogen and oxygen atoms in total. The molecule has 1 aromatic rings. The Balaban J connectivity index is 2.91. The van der Waals surface area contributed by atoms with Crippen molar-refractivity contribution in [2.75, 3.05) is 11.9 Å². The summed E-state index contributed by atoms with van der Waals surface area (Å²) in [6.45, 7) is -0.158. The molecule has 15 heavy (non-hydrogen) atoms. The largest absolute Gasteiger partial charge is 0.325 e. The number of hydrogen-bond donors (Lipinski definition) is 2. The van der Waals surface area contributed by atoms with Gasteiger partial charge in [0.25, 0.3) is 5.69 Å². The summed E-state index contributed by atoms with van der Waals surface area (Å²) < 4.78 is 0. The second kappa shape index (κ2) is 4.72. The number of amides is 1. The highest BCUT2D eigenvalue weighted by Crippen LogP contribution is 2.26. The van der Waals surface area contributed by atoms with Gasteiger partial charge in [-0.2, -0.15) is 0 Å². The maximum atomic E-state index is 10.9. The Labute approximate surface area is 90.2 Å². The first-order chi connectivity index (χ1) is 7.04. The fraction of sp³-hybridized carbons (Fsp3) is 0.125. The van der Waals surface area contributed by atoms with Crippen molar-refractivity contribution in [3.05, 3.63) is 33.3 Å².